The molecule has 0 rings (SSSR count). The number of hydrogen-bond acceptors (Lipinski definition) is 4. The normalized spacial score (nSPS) is 14.1. The van der Waals surface area contributed by atoms with Crippen molar-refractivity contribution in [2.24, 2.45) is 5.41 Å². The van der Waals surface area contributed by atoms with Crippen LogP contribution in [0.4, 0.5) is 0 Å². The van der Waals surface area contributed by atoms with Crippen molar-refractivity contribution in [2.45, 2.75) is 39.5 Å². The maximum atomic E-state index is 12.0. The van der Waals surface area contributed by atoms with Crippen molar-refractivity contribution in [3.63, 3.8) is 0 Å². The highest BCUT2D eigenvalue weighted by Gasteiger charge is 2.41. The second-order valence-corrected chi connectivity index (χ2v) is 5.78. The maximum Gasteiger partial charge on any atom is 0.320 e. The van der Waals surface area contributed by atoms with Crippen LogP contribution in [-0.4, -0.2) is 29.3 Å². The fourth-order valence-electron chi connectivity index (χ4n) is 1.27. The Morgan fingerprint density at radius 2 is 1.94 bits per heavy atom. The first-order chi connectivity index (χ1) is 8.02. The Labute approximate surface area is 116 Å². The van der Waals surface area contributed by atoms with Crippen LogP contribution in [0.15, 0.2) is 0 Å². The molecular weight excluding hydrogens is 304 g/mol. The lowest BCUT2D eigenvalue weighted by Gasteiger charge is -2.21. The number of rotatable bonds is 8. The molecule has 0 aliphatic carbocycles. The Bertz CT molecular complexity index is 258. The van der Waals surface area contributed by atoms with Crippen molar-refractivity contribution in [2.75, 3.05) is 18.2 Å². The predicted octanol–water partition coefficient (Wildman–Crippen LogP) is 3.40. The molecule has 17 heavy (non-hydrogen) atoms. The standard InChI is InChI=1S/C12H21BrO3S/c1-4-5-6-7-8-17-11(15)12(2,9-13)10(14)16-3/h4-9H2,1-3H3. The zero-order valence-electron chi connectivity index (χ0n) is 10.8. The second kappa shape index (κ2) is 8.97. The van der Waals surface area contributed by atoms with Gasteiger partial charge in [0.25, 0.3) is 0 Å². The van der Waals surface area contributed by atoms with Gasteiger partial charge in [-0.25, -0.2) is 0 Å². The molecule has 5 heteroatoms. The minimum absolute atomic E-state index is 0.113. The lowest BCUT2D eigenvalue weighted by atomic mass is 9.96. The predicted molar refractivity (Wildman–Crippen MR) is 75.5 cm³/mol. The molecule has 0 spiro atoms. The summed E-state index contributed by atoms with van der Waals surface area (Å²) in [4.78, 5) is 23.5. The number of hydrogen-bond donors (Lipinski definition) is 0. The van der Waals surface area contributed by atoms with Crippen LogP contribution < -0.4 is 0 Å². The van der Waals surface area contributed by atoms with Gasteiger partial charge in [0.05, 0.1) is 7.11 Å². The van der Waals surface area contributed by atoms with E-state index >= 15 is 0 Å². The molecule has 0 N–H and O–H groups in total. The summed E-state index contributed by atoms with van der Waals surface area (Å²) in [6, 6.07) is 0. The van der Waals surface area contributed by atoms with Gasteiger partial charge in [-0.15, -0.1) is 0 Å². The van der Waals surface area contributed by atoms with Gasteiger partial charge < -0.3 is 4.74 Å². The van der Waals surface area contributed by atoms with E-state index in [4.69, 9.17) is 0 Å². The monoisotopic (exact) mass is 324 g/mol. The van der Waals surface area contributed by atoms with E-state index in [0.29, 0.717) is 5.33 Å². The summed E-state index contributed by atoms with van der Waals surface area (Å²) in [5.74, 6) is 0.304. The summed E-state index contributed by atoms with van der Waals surface area (Å²) in [7, 11) is 1.31. The SMILES string of the molecule is CCCCCCSC(=O)C(C)(CBr)C(=O)OC. The lowest BCUT2D eigenvalue weighted by Crippen LogP contribution is -2.37. The third-order valence-corrected chi connectivity index (χ3v) is 4.91. The summed E-state index contributed by atoms with van der Waals surface area (Å²) in [6.07, 6.45) is 4.53. The molecule has 0 aromatic rings. The van der Waals surface area contributed by atoms with E-state index in [0.717, 1.165) is 18.6 Å². The number of halogens is 1. The first-order valence-electron chi connectivity index (χ1n) is 5.84. The van der Waals surface area contributed by atoms with Crippen LogP contribution in [0.2, 0.25) is 0 Å². The molecule has 0 bridgehead atoms. The smallest absolute Gasteiger partial charge is 0.320 e. The van der Waals surface area contributed by atoms with E-state index in [2.05, 4.69) is 27.6 Å². The highest BCUT2D eigenvalue weighted by Crippen LogP contribution is 2.29. The number of unbranched alkanes of at least 4 members (excludes halogenated alkanes) is 3. The molecule has 0 radical (unpaired) electrons. The first kappa shape index (κ1) is 17.0. The Morgan fingerprint density at radius 3 is 2.41 bits per heavy atom. The van der Waals surface area contributed by atoms with Crippen LogP contribution in [-0.2, 0) is 14.3 Å². The lowest BCUT2D eigenvalue weighted by molar-refractivity contribution is -0.152. The zero-order valence-corrected chi connectivity index (χ0v) is 13.2. The fourth-order valence-corrected chi connectivity index (χ4v) is 2.95. The molecule has 0 aromatic heterocycles. The van der Waals surface area contributed by atoms with Crippen LogP contribution in [0, 0.1) is 5.41 Å². The molecular formula is C12H21BrO3S. The van der Waals surface area contributed by atoms with Gasteiger partial charge in [-0.2, -0.15) is 0 Å². The molecule has 0 saturated heterocycles. The third-order valence-electron chi connectivity index (χ3n) is 2.58. The van der Waals surface area contributed by atoms with Gasteiger partial charge in [0.2, 0.25) is 5.12 Å². The molecule has 100 valence electrons. The van der Waals surface area contributed by atoms with E-state index in [9.17, 15) is 9.59 Å². The number of carbonyl (C=O) groups excluding carboxylic acids is 2. The number of esters is 1. The molecule has 0 aliphatic heterocycles. The minimum atomic E-state index is -1.07. The van der Waals surface area contributed by atoms with Gasteiger partial charge in [0.15, 0.2) is 0 Å². The van der Waals surface area contributed by atoms with E-state index in [1.54, 1.807) is 6.92 Å². The van der Waals surface area contributed by atoms with E-state index in [1.807, 2.05) is 0 Å². The quantitative estimate of drug-likeness (QED) is 0.297. The molecule has 1 atom stereocenters. The number of carbonyl (C=O) groups is 2. The Kier molecular flexibility index (Phi) is 8.96. The van der Waals surface area contributed by atoms with Crippen molar-refractivity contribution in [3.05, 3.63) is 0 Å². The van der Waals surface area contributed by atoms with Crippen LogP contribution in [0.25, 0.3) is 0 Å². The number of ether oxygens (including phenoxy) is 1. The van der Waals surface area contributed by atoms with Crippen molar-refractivity contribution in [1.29, 1.82) is 0 Å². The molecule has 0 saturated carbocycles. The van der Waals surface area contributed by atoms with Gasteiger partial charge in [-0.3, -0.25) is 9.59 Å². The van der Waals surface area contributed by atoms with Crippen molar-refractivity contribution in [3.8, 4) is 0 Å². The molecule has 0 heterocycles. The highest BCUT2D eigenvalue weighted by molar-refractivity contribution is 9.09. The van der Waals surface area contributed by atoms with Gasteiger partial charge in [-0.1, -0.05) is 53.9 Å². The zero-order chi connectivity index (χ0) is 13.3. The average molecular weight is 325 g/mol. The van der Waals surface area contributed by atoms with Crippen LogP contribution >= 0.6 is 27.7 Å². The van der Waals surface area contributed by atoms with Crippen molar-refractivity contribution in [1.82, 2.24) is 0 Å². The Balaban J connectivity index is 4.13. The molecule has 0 fully saturated rings. The second-order valence-electron chi connectivity index (χ2n) is 4.15. The Hall–Kier alpha value is -0.0300. The van der Waals surface area contributed by atoms with Gasteiger partial charge >= 0.3 is 5.97 Å². The fraction of sp³-hybridized carbons (Fsp3) is 0.833. The van der Waals surface area contributed by atoms with Crippen molar-refractivity contribution < 1.29 is 14.3 Å². The molecule has 0 aromatic carbocycles. The number of methoxy groups -OCH3 is 1. The summed E-state index contributed by atoms with van der Waals surface area (Å²) in [6.45, 7) is 3.77. The van der Waals surface area contributed by atoms with Gasteiger partial charge in [-0.05, 0) is 13.3 Å². The Morgan fingerprint density at radius 1 is 1.29 bits per heavy atom. The van der Waals surface area contributed by atoms with Crippen LogP contribution in [0.5, 0.6) is 0 Å². The van der Waals surface area contributed by atoms with Gasteiger partial charge in [0, 0.05) is 11.1 Å². The van der Waals surface area contributed by atoms with E-state index < -0.39 is 11.4 Å². The van der Waals surface area contributed by atoms with Gasteiger partial charge in [0.1, 0.15) is 5.41 Å². The summed E-state index contributed by atoms with van der Waals surface area (Å²) in [5, 5.41) is 0.186. The molecule has 3 nitrogen and oxygen atoms in total. The molecule has 1 unspecified atom stereocenters. The van der Waals surface area contributed by atoms with E-state index in [1.165, 1.54) is 31.7 Å². The number of thioether (sulfide) groups is 1. The molecule has 0 amide bonds. The summed E-state index contributed by atoms with van der Waals surface area (Å²) < 4.78 is 4.67. The first-order valence-corrected chi connectivity index (χ1v) is 7.95. The average Bonchev–Trinajstić information content (AvgIpc) is 2.36. The topological polar surface area (TPSA) is 43.4 Å². The largest absolute Gasteiger partial charge is 0.468 e. The van der Waals surface area contributed by atoms with Crippen LogP contribution in [0.1, 0.15) is 39.5 Å². The summed E-state index contributed by atoms with van der Waals surface area (Å²) in [5.41, 5.74) is -1.07. The third kappa shape index (κ3) is 5.42. The summed E-state index contributed by atoms with van der Waals surface area (Å²) >= 11 is 4.45. The van der Waals surface area contributed by atoms with Crippen LogP contribution in [0.3, 0.4) is 0 Å². The highest BCUT2D eigenvalue weighted by atomic mass is 79.9. The number of alkyl halides is 1. The van der Waals surface area contributed by atoms with Crippen molar-refractivity contribution >= 4 is 38.8 Å². The minimum Gasteiger partial charge on any atom is -0.468 e. The molecule has 0 aliphatic rings. The maximum absolute atomic E-state index is 12.0. The van der Waals surface area contributed by atoms with E-state index in [-0.39, 0.29) is 5.12 Å².